The smallest absolute Gasteiger partial charge is 0.217 e. The number of aliphatic hydroxyl groups excluding tert-OH is 1. The lowest BCUT2D eigenvalue weighted by atomic mass is 9.92. The van der Waals surface area contributed by atoms with E-state index in [1.165, 1.54) is 19.1 Å². The zero-order chi connectivity index (χ0) is 15.6. The summed E-state index contributed by atoms with van der Waals surface area (Å²) in [6.07, 6.45) is 0.352. The monoisotopic (exact) mass is 295 g/mol. The number of hydrogen-bond donors (Lipinski definition) is 2. The summed E-state index contributed by atoms with van der Waals surface area (Å²) in [4.78, 5) is 11.3. The molecule has 1 aliphatic heterocycles. The summed E-state index contributed by atoms with van der Waals surface area (Å²) in [5, 5.41) is 13.1. The van der Waals surface area contributed by atoms with Gasteiger partial charge in [0.15, 0.2) is 0 Å². The molecule has 1 aromatic rings. The molecule has 1 aliphatic rings. The molecule has 0 spiro atoms. The number of fused-ring (bicyclic) bond motifs is 1. The van der Waals surface area contributed by atoms with Crippen LogP contribution in [0.25, 0.3) is 0 Å². The van der Waals surface area contributed by atoms with Gasteiger partial charge in [-0.1, -0.05) is 13.8 Å². The Labute approximate surface area is 124 Å². The molecule has 1 amide bonds. The highest BCUT2D eigenvalue weighted by Crippen LogP contribution is 2.39. The summed E-state index contributed by atoms with van der Waals surface area (Å²) in [5.74, 6) is 0.206. The van der Waals surface area contributed by atoms with Gasteiger partial charge >= 0.3 is 0 Å². The van der Waals surface area contributed by atoms with Gasteiger partial charge in [-0.2, -0.15) is 0 Å². The number of hydrogen-bond acceptors (Lipinski definition) is 3. The van der Waals surface area contributed by atoms with Gasteiger partial charge in [-0.15, -0.1) is 0 Å². The summed E-state index contributed by atoms with van der Waals surface area (Å²) in [6, 6.07) is 2.43. The highest BCUT2D eigenvalue weighted by Gasteiger charge is 2.28. The number of rotatable bonds is 4. The maximum Gasteiger partial charge on any atom is 0.217 e. The van der Waals surface area contributed by atoms with Crippen LogP contribution in [-0.4, -0.2) is 17.6 Å². The van der Waals surface area contributed by atoms with Crippen molar-refractivity contribution in [2.45, 2.75) is 45.8 Å². The summed E-state index contributed by atoms with van der Waals surface area (Å²) >= 11 is 0. The first-order chi connectivity index (χ1) is 9.88. The van der Waals surface area contributed by atoms with E-state index >= 15 is 0 Å². The fourth-order valence-electron chi connectivity index (χ4n) is 2.71. The SMILES string of the molecule is CC(=O)NC1CCOc2c(C(O)CC(C)C)cc(F)cc21. The standard InChI is InChI=1S/C16H22FNO3/c1-9(2)6-15(20)13-8-11(17)7-12-14(18-10(3)19)4-5-21-16(12)13/h7-9,14-15,20H,4-6H2,1-3H3,(H,18,19). The van der Waals surface area contributed by atoms with Gasteiger partial charge in [0.2, 0.25) is 5.91 Å². The predicted molar refractivity (Wildman–Crippen MR) is 77.5 cm³/mol. The highest BCUT2D eigenvalue weighted by atomic mass is 19.1. The molecule has 0 aliphatic carbocycles. The zero-order valence-corrected chi connectivity index (χ0v) is 12.6. The molecular formula is C16H22FNO3. The third kappa shape index (κ3) is 3.73. The van der Waals surface area contributed by atoms with Crippen molar-refractivity contribution in [1.82, 2.24) is 5.32 Å². The first-order valence-electron chi connectivity index (χ1n) is 7.29. The van der Waals surface area contributed by atoms with E-state index in [1.54, 1.807) is 0 Å². The van der Waals surface area contributed by atoms with E-state index in [2.05, 4.69) is 5.32 Å². The molecule has 4 nitrogen and oxygen atoms in total. The second kappa shape index (κ2) is 6.43. The van der Waals surface area contributed by atoms with Crippen LogP contribution in [0.2, 0.25) is 0 Å². The summed E-state index contributed by atoms with van der Waals surface area (Å²) in [5.41, 5.74) is 1.07. The van der Waals surface area contributed by atoms with Gasteiger partial charge in [0.25, 0.3) is 0 Å². The van der Waals surface area contributed by atoms with Crippen LogP contribution in [0.15, 0.2) is 12.1 Å². The van der Waals surface area contributed by atoms with E-state index in [0.29, 0.717) is 36.3 Å². The van der Waals surface area contributed by atoms with Gasteiger partial charge in [0.1, 0.15) is 11.6 Å². The third-order valence-corrected chi connectivity index (χ3v) is 3.57. The fraction of sp³-hybridized carbons (Fsp3) is 0.562. The van der Waals surface area contributed by atoms with Gasteiger partial charge < -0.3 is 15.2 Å². The Balaban J connectivity index is 2.40. The highest BCUT2D eigenvalue weighted by molar-refractivity contribution is 5.73. The van der Waals surface area contributed by atoms with Gasteiger partial charge in [-0.25, -0.2) is 4.39 Å². The Kier molecular flexibility index (Phi) is 4.83. The molecule has 5 heteroatoms. The van der Waals surface area contributed by atoms with Crippen molar-refractivity contribution in [3.63, 3.8) is 0 Å². The number of carbonyl (C=O) groups is 1. The molecule has 2 rings (SSSR count). The van der Waals surface area contributed by atoms with Crippen molar-refractivity contribution in [2.24, 2.45) is 5.92 Å². The van der Waals surface area contributed by atoms with Crippen LogP contribution in [-0.2, 0) is 4.79 Å². The molecule has 116 valence electrons. The Bertz CT molecular complexity index is 530. The van der Waals surface area contributed by atoms with Crippen molar-refractivity contribution in [2.75, 3.05) is 6.61 Å². The number of aliphatic hydroxyl groups is 1. The molecule has 2 atom stereocenters. The van der Waals surface area contributed by atoms with E-state index in [1.807, 2.05) is 13.8 Å². The topological polar surface area (TPSA) is 58.6 Å². The Hall–Kier alpha value is -1.62. The lowest BCUT2D eigenvalue weighted by molar-refractivity contribution is -0.119. The first-order valence-corrected chi connectivity index (χ1v) is 7.29. The van der Waals surface area contributed by atoms with Crippen LogP contribution in [0.4, 0.5) is 4.39 Å². The molecule has 0 fully saturated rings. The summed E-state index contributed by atoms with van der Waals surface area (Å²) in [6.45, 7) is 5.86. The third-order valence-electron chi connectivity index (χ3n) is 3.57. The molecule has 1 aromatic carbocycles. The van der Waals surface area contributed by atoms with Crippen LogP contribution in [0, 0.1) is 11.7 Å². The summed E-state index contributed by atoms with van der Waals surface area (Å²) < 4.78 is 19.5. The molecule has 0 saturated heterocycles. The Morgan fingerprint density at radius 3 is 2.86 bits per heavy atom. The van der Waals surface area contributed by atoms with Gasteiger partial charge in [-0.05, 0) is 24.5 Å². The van der Waals surface area contributed by atoms with Crippen molar-refractivity contribution in [3.8, 4) is 5.75 Å². The number of benzene rings is 1. The van der Waals surface area contributed by atoms with Gasteiger partial charge in [0.05, 0.1) is 18.8 Å². The molecule has 0 saturated carbocycles. The van der Waals surface area contributed by atoms with E-state index < -0.39 is 11.9 Å². The average molecular weight is 295 g/mol. The van der Waals surface area contributed by atoms with E-state index in [9.17, 15) is 14.3 Å². The second-order valence-corrected chi connectivity index (χ2v) is 5.95. The Morgan fingerprint density at radius 2 is 2.24 bits per heavy atom. The number of amides is 1. The summed E-state index contributed by atoms with van der Waals surface area (Å²) in [7, 11) is 0. The van der Waals surface area contributed by atoms with Gasteiger partial charge in [-0.3, -0.25) is 4.79 Å². The molecular weight excluding hydrogens is 273 g/mol. The maximum absolute atomic E-state index is 13.9. The van der Waals surface area contributed by atoms with Crippen LogP contribution in [0.1, 0.15) is 56.9 Å². The molecule has 2 unspecified atom stereocenters. The van der Waals surface area contributed by atoms with E-state index in [4.69, 9.17) is 4.74 Å². The molecule has 0 bridgehead atoms. The minimum absolute atomic E-state index is 0.165. The van der Waals surface area contributed by atoms with Crippen molar-refractivity contribution in [1.29, 1.82) is 0 Å². The number of nitrogens with one attached hydrogen (secondary N) is 1. The predicted octanol–water partition coefficient (Wildman–Crippen LogP) is 2.86. The van der Waals surface area contributed by atoms with Crippen molar-refractivity contribution in [3.05, 3.63) is 29.1 Å². The number of ether oxygens (including phenoxy) is 1. The normalized spacial score (nSPS) is 18.9. The minimum atomic E-state index is -0.773. The molecule has 2 N–H and O–H groups in total. The lowest BCUT2D eigenvalue weighted by Crippen LogP contribution is -2.31. The van der Waals surface area contributed by atoms with E-state index in [0.717, 1.165) is 0 Å². The molecule has 0 aromatic heterocycles. The molecule has 1 heterocycles. The zero-order valence-electron chi connectivity index (χ0n) is 12.6. The minimum Gasteiger partial charge on any atom is -0.493 e. The first kappa shape index (κ1) is 15.8. The lowest BCUT2D eigenvalue weighted by Gasteiger charge is -2.29. The van der Waals surface area contributed by atoms with E-state index in [-0.39, 0.29) is 17.9 Å². The fourth-order valence-corrected chi connectivity index (χ4v) is 2.71. The molecule has 0 radical (unpaired) electrons. The van der Waals surface area contributed by atoms with Crippen LogP contribution >= 0.6 is 0 Å². The van der Waals surface area contributed by atoms with Crippen LogP contribution in [0.5, 0.6) is 5.75 Å². The maximum atomic E-state index is 13.9. The number of carbonyl (C=O) groups excluding carboxylic acids is 1. The van der Waals surface area contributed by atoms with Gasteiger partial charge in [0, 0.05) is 24.5 Å². The second-order valence-electron chi connectivity index (χ2n) is 5.95. The van der Waals surface area contributed by atoms with Crippen molar-refractivity contribution < 1.29 is 19.0 Å². The number of halogens is 1. The van der Waals surface area contributed by atoms with Crippen LogP contribution in [0.3, 0.4) is 0 Å². The average Bonchev–Trinajstić information content (AvgIpc) is 2.37. The largest absolute Gasteiger partial charge is 0.493 e. The van der Waals surface area contributed by atoms with Crippen molar-refractivity contribution >= 4 is 5.91 Å². The molecule has 21 heavy (non-hydrogen) atoms. The quantitative estimate of drug-likeness (QED) is 0.898. The Morgan fingerprint density at radius 1 is 1.52 bits per heavy atom. The van der Waals surface area contributed by atoms with Crippen LogP contribution < -0.4 is 10.1 Å².